The molecule has 0 saturated heterocycles. The molecule has 0 aliphatic rings. The lowest BCUT2D eigenvalue weighted by Gasteiger charge is -2.03. The molecule has 0 heterocycles. The van der Waals surface area contributed by atoms with Gasteiger partial charge in [-0.15, -0.1) is 11.8 Å². The van der Waals surface area contributed by atoms with Crippen molar-refractivity contribution in [2.24, 2.45) is 0 Å². The molecule has 2 N–H and O–H groups in total. The van der Waals surface area contributed by atoms with Gasteiger partial charge in [0, 0.05) is 15.1 Å². The molecule has 0 aromatic heterocycles. The summed E-state index contributed by atoms with van der Waals surface area (Å²) in [6.07, 6.45) is 2.30. The first kappa shape index (κ1) is 13.5. The second-order valence-corrected chi connectivity index (χ2v) is 6.23. The van der Waals surface area contributed by atoms with E-state index in [-0.39, 0.29) is 0 Å². The molecule has 3 heteroatoms. The molecule has 0 fully saturated rings. The van der Waals surface area contributed by atoms with Crippen molar-refractivity contribution in [1.82, 2.24) is 0 Å². The smallest absolute Gasteiger partial charge is 0.0314 e. The summed E-state index contributed by atoms with van der Waals surface area (Å²) in [5.74, 6) is 1.14. The quantitative estimate of drug-likeness (QED) is 0.488. The van der Waals surface area contributed by atoms with Crippen LogP contribution in [-0.2, 0) is 6.42 Å². The van der Waals surface area contributed by atoms with Crippen molar-refractivity contribution < 1.29 is 0 Å². The number of hydrogen-bond donors (Lipinski definition) is 1. The van der Waals surface area contributed by atoms with Crippen LogP contribution in [0.4, 0.5) is 5.69 Å². The van der Waals surface area contributed by atoms with Gasteiger partial charge in [0.25, 0.3) is 0 Å². The van der Waals surface area contributed by atoms with E-state index in [1.165, 1.54) is 16.9 Å². The Kier molecular flexibility index (Phi) is 5.14. The summed E-state index contributed by atoms with van der Waals surface area (Å²) >= 11 is 5.35. The Balaban J connectivity index is 1.73. The van der Waals surface area contributed by atoms with Crippen LogP contribution in [0.1, 0.15) is 12.0 Å². The highest BCUT2D eigenvalue weighted by Gasteiger charge is 1.96. The van der Waals surface area contributed by atoms with E-state index in [9.17, 15) is 0 Å². The fourth-order valence-corrected chi connectivity index (χ4v) is 2.80. The van der Waals surface area contributed by atoms with E-state index in [1.807, 2.05) is 23.9 Å². The first-order chi connectivity index (χ1) is 8.74. The van der Waals surface area contributed by atoms with Gasteiger partial charge in [-0.25, -0.2) is 0 Å². The van der Waals surface area contributed by atoms with Crippen LogP contribution in [0.25, 0.3) is 0 Å². The molecule has 0 aliphatic heterocycles. The Morgan fingerprint density at radius 2 is 1.61 bits per heavy atom. The molecule has 2 aromatic carbocycles. The van der Waals surface area contributed by atoms with Gasteiger partial charge in [0.2, 0.25) is 0 Å². The predicted octanol–water partition coefficient (Wildman–Crippen LogP) is 4.76. The Bertz CT molecular complexity index is 431. The van der Waals surface area contributed by atoms with E-state index < -0.39 is 0 Å². The van der Waals surface area contributed by atoms with Crippen molar-refractivity contribution in [2.75, 3.05) is 11.5 Å². The van der Waals surface area contributed by atoms with E-state index in [1.54, 1.807) is 0 Å². The Morgan fingerprint density at radius 3 is 2.28 bits per heavy atom. The van der Waals surface area contributed by atoms with Crippen LogP contribution in [0.3, 0.4) is 0 Å². The molecule has 18 heavy (non-hydrogen) atoms. The monoisotopic (exact) mass is 321 g/mol. The lowest BCUT2D eigenvalue weighted by Crippen LogP contribution is -1.89. The zero-order valence-electron chi connectivity index (χ0n) is 10.1. The number of benzene rings is 2. The van der Waals surface area contributed by atoms with E-state index in [0.29, 0.717) is 0 Å². The van der Waals surface area contributed by atoms with Crippen LogP contribution in [0.15, 0.2) is 57.9 Å². The standard InChI is InChI=1S/C15H16BrNS/c16-13-5-9-15(10-6-13)18-11-1-2-12-3-7-14(17)8-4-12/h3-10H,1-2,11,17H2. The highest BCUT2D eigenvalue weighted by molar-refractivity contribution is 9.10. The first-order valence-corrected chi connectivity index (χ1v) is 7.75. The molecule has 0 aliphatic carbocycles. The maximum Gasteiger partial charge on any atom is 0.0314 e. The summed E-state index contributed by atoms with van der Waals surface area (Å²) < 4.78 is 1.13. The molecule has 0 unspecified atom stereocenters. The van der Waals surface area contributed by atoms with Crippen LogP contribution in [0.5, 0.6) is 0 Å². The Morgan fingerprint density at radius 1 is 0.944 bits per heavy atom. The lowest BCUT2D eigenvalue weighted by atomic mass is 10.1. The molecule has 0 atom stereocenters. The molecule has 94 valence electrons. The van der Waals surface area contributed by atoms with Crippen LogP contribution in [0, 0.1) is 0 Å². The van der Waals surface area contributed by atoms with Crippen LogP contribution in [-0.4, -0.2) is 5.75 Å². The minimum atomic E-state index is 0.836. The van der Waals surface area contributed by atoms with Crippen molar-refractivity contribution >= 4 is 33.4 Å². The third-order valence-corrected chi connectivity index (χ3v) is 4.30. The van der Waals surface area contributed by atoms with Crippen molar-refractivity contribution in [2.45, 2.75) is 17.7 Å². The maximum atomic E-state index is 5.66. The normalized spacial score (nSPS) is 10.5. The summed E-state index contributed by atoms with van der Waals surface area (Å²) in [5.41, 5.74) is 7.86. The summed E-state index contributed by atoms with van der Waals surface area (Å²) in [4.78, 5) is 1.33. The van der Waals surface area contributed by atoms with Gasteiger partial charge in [-0.05, 0) is 60.6 Å². The summed E-state index contributed by atoms with van der Waals surface area (Å²) in [6, 6.07) is 16.6. The average Bonchev–Trinajstić information content (AvgIpc) is 2.39. The molecule has 0 radical (unpaired) electrons. The van der Waals surface area contributed by atoms with Gasteiger partial charge >= 0.3 is 0 Å². The number of aryl methyl sites for hydroxylation is 1. The molecular formula is C15H16BrNS. The second-order valence-electron chi connectivity index (χ2n) is 4.15. The second kappa shape index (κ2) is 6.86. The fraction of sp³-hybridized carbons (Fsp3) is 0.200. The van der Waals surface area contributed by atoms with Crippen molar-refractivity contribution in [3.8, 4) is 0 Å². The Hall–Kier alpha value is -0.930. The van der Waals surface area contributed by atoms with Crippen molar-refractivity contribution in [1.29, 1.82) is 0 Å². The van der Waals surface area contributed by atoms with Gasteiger partial charge in [0.15, 0.2) is 0 Å². The van der Waals surface area contributed by atoms with Crippen LogP contribution >= 0.6 is 27.7 Å². The average molecular weight is 322 g/mol. The molecule has 0 saturated carbocycles. The third-order valence-electron chi connectivity index (χ3n) is 2.67. The minimum Gasteiger partial charge on any atom is -0.399 e. The number of nitrogen functional groups attached to an aromatic ring is 1. The Labute approximate surface area is 121 Å². The van der Waals surface area contributed by atoms with Crippen molar-refractivity contribution in [3.63, 3.8) is 0 Å². The predicted molar refractivity (Wildman–Crippen MR) is 84.0 cm³/mol. The molecular weight excluding hydrogens is 306 g/mol. The van der Waals surface area contributed by atoms with Gasteiger partial charge in [-0.2, -0.15) is 0 Å². The highest BCUT2D eigenvalue weighted by atomic mass is 79.9. The third kappa shape index (κ3) is 4.39. The number of nitrogens with two attached hydrogens (primary N) is 1. The van der Waals surface area contributed by atoms with Gasteiger partial charge in [0.1, 0.15) is 0 Å². The van der Waals surface area contributed by atoms with Gasteiger partial charge in [-0.1, -0.05) is 28.1 Å². The van der Waals surface area contributed by atoms with Crippen LogP contribution < -0.4 is 5.73 Å². The zero-order chi connectivity index (χ0) is 12.8. The van der Waals surface area contributed by atoms with Gasteiger partial charge in [-0.3, -0.25) is 0 Å². The van der Waals surface area contributed by atoms with E-state index in [2.05, 4.69) is 52.3 Å². The highest BCUT2D eigenvalue weighted by Crippen LogP contribution is 2.21. The first-order valence-electron chi connectivity index (χ1n) is 5.97. The van der Waals surface area contributed by atoms with E-state index in [4.69, 9.17) is 5.73 Å². The maximum absolute atomic E-state index is 5.66. The minimum absolute atomic E-state index is 0.836. The number of rotatable bonds is 5. The van der Waals surface area contributed by atoms with E-state index in [0.717, 1.165) is 22.3 Å². The molecule has 1 nitrogen and oxygen atoms in total. The van der Waals surface area contributed by atoms with Gasteiger partial charge in [0.05, 0.1) is 0 Å². The number of hydrogen-bond acceptors (Lipinski definition) is 2. The molecule has 0 amide bonds. The summed E-state index contributed by atoms with van der Waals surface area (Å²) in [7, 11) is 0. The fourth-order valence-electron chi connectivity index (χ4n) is 1.68. The molecule has 2 rings (SSSR count). The molecule has 0 spiro atoms. The summed E-state index contributed by atoms with van der Waals surface area (Å²) in [5, 5.41) is 0. The summed E-state index contributed by atoms with van der Waals surface area (Å²) in [6.45, 7) is 0. The van der Waals surface area contributed by atoms with Crippen molar-refractivity contribution in [3.05, 3.63) is 58.6 Å². The molecule has 2 aromatic rings. The van der Waals surface area contributed by atoms with E-state index >= 15 is 0 Å². The van der Waals surface area contributed by atoms with Gasteiger partial charge < -0.3 is 5.73 Å². The largest absolute Gasteiger partial charge is 0.399 e. The van der Waals surface area contributed by atoms with Crippen LogP contribution in [0.2, 0.25) is 0 Å². The SMILES string of the molecule is Nc1ccc(CCCSc2ccc(Br)cc2)cc1. The lowest BCUT2D eigenvalue weighted by molar-refractivity contribution is 0.933. The zero-order valence-corrected chi connectivity index (χ0v) is 12.5. The number of anilines is 1. The number of thioether (sulfide) groups is 1. The number of halogens is 1. The topological polar surface area (TPSA) is 26.0 Å². The molecule has 0 bridgehead atoms.